The molecule has 0 aromatic heterocycles. The molecule has 2 heterocycles. The van der Waals surface area contributed by atoms with Gasteiger partial charge in [0.2, 0.25) is 0 Å². The van der Waals surface area contributed by atoms with E-state index in [1.165, 1.54) is 0 Å². The van der Waals surface area contributed by atoms with Crippen LogP contribution in [0.15, 0.2) is 60.7 Å². The van der Waals surface area contributed by atoms with Crippen molar-refractivity contribution in [1.82, 2.24) is 10.1 Å². The van der Waals surface area contributed by atoms with E-state index in [-0.39, 0.29) is 18.3 Å². The van der Waals surface area contributed by atoms with Crippen LogP contribution in [0.25, 0.3) is 0 Å². The van der Waals surface area contributed by atoms with E-state index < -0.39 is 51.4 Å². The zero-order chi connectivity index (χ0) is 38.5. The number of nitrogens with zero attached hydrogens (tertiary/aromatic N) is 2. The van der Waals surface area contributed by atoms with Crippen molar-refractivity contribution in [3.05, 3.63) is 71.8 Å². The van der Waals surface area contributed by atoms with Gasteiger partial charge in [-0.2, -0.15) is 0 Å². The van der Waals surface area contributed by atoms with Gasteiger partial charge in [-0.3, -0.25) is 9.59 Å². The third kappa shape index (κ3) is 9.23. The molecule has 2 aromatic rings. The number of benzene rings is 2. The summed E-state index contributed by atoms with van der Waals surface area (Å²) in [6.45, 7) is 16.2. The van der Waals surface area contributed by atoms with Crippen LogP contribution in [0.3, 0.4) is 0 Å². The first-order valence-electron chi connectivity index (χ1n) is 18.8. The van der Waals surface area contributed by atoms with Crippen molar-refractivity contribution in [2.45, 2.75) is 148 Å². The number of carboxylic acids is 2. The molecule has 0 bridgehead atoms. The normalized spacial score (nSPS) is 20.5. The number of carbonyl (C=O) groups excluding carboxylic acids is 2. The van der Waals surface area contributed by atoms with Gasteiger partial charge in [0.15, 0.2) is 0 Å². The Labute approximate surface area is 309 Å². The molecule has 10 heteroatoms. The largest absolute Gasteiger partial charge is 0.481 e. The Kier molecular flexibility index (Phi) is 12.7. The van der Waals surface area contributed by atoms with Crippen LogP contribution in [0.1, 0.15) is 147 Å². The van der Waals surface area contributed by atoms with Gasteiger partial charge in [-0.15, -0.1) is 10.1 Å². The Hall–Kier alpha value is -3.76. The van der Waals surface area contributed by atoms with Gasteiger partial charge in [-0.1, -0.05) is 62.1 Å². The molecule has 10 nitrogen and oxygen atoms in total. The van der Waals surface area contributed by atoms with Crippen LogP contribution in [-0.2, 0) is 19.3 Å². The van der Waals surface area contributed by atoms with E-state index >= 15 is 0 Å². The predicted molar refractivity (Wildman–Crippen MR) is 199 cm³/mol. The average molecular weight is 721 g/mol. The summed E-state index contributed by atoms with van der Waals surface area (Å²) in [6, 6.07) is 17.8. The van der Waals surface area contributed by atoms with Gasteiger partial charge >= 0.3 is 23.9 Å². The quantitative estimate of drug-likeness (QED) is 0.172. The molecule has 0 radical (unpaired) electrons. The Morgan fingerprint density at radius 3 is 1.29 bits per heavy atom. The lowest BCUT2D eigenvalue weighted by molar-refractivity contribution is -0.274. The number of piperidine rings is 2. The molecule has 2 aliphatic heterocycles. The molecule has 0 spiro atoms. The molecule has 0 amide bonds. The van der Waals surface area contributed by atoms with E-state index in [4.69, 9.17) is 14.8 Å². The maximum absolute atomic E-state index is 14.1. The highest BCUT2D eigenvalue weighted by Gasteiger charge is 2.62. The highest BCUT2D eigenvalue weighted by atomic mass is 16.7. The minimum absolute atomic E-state index is 0.133. The zero-order valence-electron chi connectivity index (χ0n) is 32.4. The van der Waals surface area contributed by atoms with Gasteiger partial charge in [0.05, 0.1) is 38.7 Å². The van der Waals surface area contributed by atoms with E-state index in [1.807, 2.05) is 67.5 Å². The molecule has 4 rings (SSSR count). The summed E-state index contributed by atoms with van der Waals surface area (Å²) in [5.41, 5.74) is -2.99. The summed E-state index contributed by atoms with van der Waals surface area (Å²) in [6.07, 6.45) is 6.27. The Morgan fingerprint density at radius 1 is 0.596 bits per heavy atom. The first-order valence-corrected chi connectivity index (χ1v) is 18.8. The third-order valence-corrected chi connectivity index (χ3v) is 11.4. The van der Waals surface area contributed by atoms with Gasteiger partial charge < -0.3 is 19.9 Å². The zero-order valence-corrected chi connectivity index (χ0v) is 32.4. The maximum Gasteiger partial charge on any atom is 0.357 e. The van der Waals surface area contributed by atoms with Crippen molar-refractivity contribution in [2.24, 2.45) is 17.3 Å². The molecule has 0 aliphatic carbocycles. The lowest BCUT2D eigenvalue weighted by Gasteiger charge is -2.60. The van der Waals surface area contributed by atoms with Crippen LogP contribution in [0.2, 0.25) is 0 Å². The molecule has 2 aromatic carbocycles. The SMILES string of the molecule is CC1(C)CC(C(CCCCCCCC(=O)O)(C(=O)O)C2CC(C)(C)N(OC(=O)c3ccccc3)C(C)(C)C2)CC(C)(C)N1OC(=O)c1ccccc1. The topological polar surface area (TPSA) is 134 Å². The minimum atomic E-state index is -1.13. The molecule has 2 saturated heterocycles. The molecule has 0 unspecified atom stereocenters. The van der Waals surface area contributed by atoms with Gasteiger partial charge in [0, 0.05) is 6.42 Å². The molecule has 2 aliphatic rings. The van der Waals surface area contributed by atoms with E-state index in [0.717, 1.165) is 19.3 Å². The lowest BCUT2D eigenvalue weighted by Crippen LogP contribution is -2.67. The molecule has 0 atom stereocenters. The average Bonchev–Trinajstić information content (AvgIpc) is 3.05. The highest BCUT2D eigenvalue weighted by molar-refractivity contribution is 5.89. The summed E-state index contributed by atoms with van der Waals surface area (Å²) in [7, 11) is 0. The molecule has 2 fully saturated rings. The first kappa shape index (κ1) is 41.0. The van der Waals surface area contributed by atoms with Crippen LogP contribution < -0.4 is 0 Å². The summed E-state index contributed by atoms with van der Waals surface area (Å²) in [4.78, 5) is 64.1. The van der Waals surface area contributed by atoms with Crippen molar-refractivity contribution < 1.29 is 39.1 Å². The first-order chi connectivity index (χ1) is 24.2. The summed E-state index contributed by atoms with van der Waals surface area (Å²) in [5, 5.41) is 24.2. The Bertz CT molecular complexity index is 1420. The summed E-state index contributed by atoms with van der Waals surface area (Å²) in [5.74, 6) is -3.05. The Morgan fingerprint density at radius 2 is 0.942 bits per heavy atom. The second-order valence-corrected chi connectivity index (χ2v) is 17.5. The van der Waals surface area contributed by atoms with E-state index in [0.29, 0.717) is 56.1 Å². The van der Waals surface area contributed by atoms with Crippen molar-refractivity contribution >= 4 is 23.9 Å². The molecule has 52 heavy (non-hydrogen) atoms. The number of hydrogen-bond donors (Lipinski definition) is 2. The molecular formula is C42H60N2O8. The minimum Gasteiger partial charge on any atom is -0.481 e. The summed E-state index contributed by atoms with van der Waals surface area (Å²) >= 11 is 0. The number of rotatable bonds is 15. The highest BCUT2D eigenvalue weighted by Crippen LogP contribution is 2.58. The molecule has 286 valence electrons. The number of carbonyl (C=O) groups is 4. The van der Waals surface area contributed by atoms with E-state index in [1.54, 1.807) is 58.7 Å². The van der Waals surface area contributed by atoms with Crippen molar-refractivity contribution in [1.29, 1.82) is 0 Å². The lowest BCUT2D eigenvalue weighted by atomic mass is 9.52. The Balaban J connectivity index is 1.67. The van der Waals surface area contributed by atoms with Crippen molar-refractivity contribution in [3.8, 4) is 0 Å². The van der Waals surface area contributed by atoms with Crippen LogP contribution >= 0.6 is 0 Å². The maximum atomic E-state index is 14.1. The molecular weight excluding hydrogens is 660 g/mol. The standard InChI is InChI=1S/C42H60N2O8/c1-38(2)26-32(27-39(3,4)43(38)51-35(47)30-20-14-12-15-21-30)42(37(49)50,25-19-11-9-10-18-24-34(45)46)33-28-40(5,6)44(41(7,8)29-33)52-36(48)31-22-16-13-17-23-31/h12-17,20-23,32-33H,9-11,18-19,24-29H2,1-8H3,(H,45,46)(H,49,50). The van der Waals surface area contributed by atoms with Gasteiger partial charge in [0.25, 0.3) is 0 Å². The van der Waals surface area contributed by atoms with Gasteiger partial charge in [-0.05, 0) is 130 Å². The number of hydroxylamine groups is 4. The van der Waals surface area contributed by atoms with E-state index in [9.17, 15) is 24.3 Å². The van der Waals surface area contributed by atoms with Crippen LogP contribution in [-0.4, -0.2) is 66.4 Å². The van der Waals surface area contributed by atoms with Gasteiger partial charge in [0.1, 0.15) is 0 Å². The van der Waals surface area contributed by atoms with Crippen LogP contribution in [0, 0.1) is 17.3 Å². The van der Waals surface area contributed by atoms with Crippen LogP contribution in [0.4, 0.5) is 0 Å². The molecule has 0 saturated carbocycles. The number of unbranched alkanes of at least 4 members (excludes halogenated alkanes) is 4. The van der Waals surface area contributed by atoms with Crippen LogP contribution in [0.5, 0.6) is 0 Å². The second-order valence-electron chi connectivity index (χ2n) is 17.5. The molecule has 2 N–H and O–H groups in total. The second kappa shape index (κ2) is 16.1. The smallest absolute Gasteiger partial charge is 0.357 e. The van der Waals surface area contributed by atoms with E-state index in [2.05, 4.69) is 0 Å². The fraction of sp³-hybridized carbons (Fsp3) is 0.619. The summed E-state index contributed by atoms with van der Waals surface area (Å²) < 4.78 is 0. The monoisotopic (exact) mass is 720 g/mol. The fourth-order valence-corrected chi connectivity index (χ4v) is 9.59. The number of aliphatic carboxylic acids is 2. The van der Waals surface area contributed by atoms with Gasteiger partial charge in [-0.25, -0.2) is 9.59 Å². The van der Waals surface area contributed by atoms with Crippen molar-refractivity contribution in [3.63, 3.8) is 0 Å². The predicted octanol–water partition coefficient (Wildman–Crippen LogP) is 8.96. The fourth-order valence-electron chi connectivity index (χ4n) is 9.59. The number of hydrogen-bond acceptors (Lipinski definition) is 8. The number of carboxylic acid groups (broad SMARTS) is 2. The third-order valence-electron chi connectivity index (χ3n) is 11.4. The van der Waals surface area contributed by atoms with Crippen molar-refractivity contribution in [2.75, 3.05) is 0 Å².